The molecule has 0 radical (unpaired) electrons. The van der Waals surface area contributed by atoms with E-state index >= 15 is 0 Å². The first-order valence-electron chi connectivity index (χ1n) is 8.00. The normalized spacial score (nSPS) is 18.6. The molecule has 7 nitrogen and oxygen atoms in total. The lowest BCUT2D eigenvalue weighted by molar-refractivity contribution is -0.122. The summed E-state index contributed by atoms with van der Waals surface area (Å²) < 4.78 is 25.8. The van der Waals surface area contributed by atoms with Gasteiger partial charge in [0.2, 0.25) is 5.91 Å². The van der Waals surface area contributed by atoms with Gasteiger partial charge in [0, 0.05) is 10.9 Å². The van der Waals surface area contributed by atoms with Crippen molar-refractivity contribution in [1.29, 1.82) is 0 Å². The number of halogens is 1. The summed E-state index contributed by atoms with van der Waals surface area (Å²) >= 11 is 5.92. The summed E-state index contributed by atoms with van der Waals surface area (Å²) in [6.07, 6.45) is 0. The molecule has 1 aliphatic rings. The number of hydrogen-bond acceptors (Lipinski definition) is 5. The van der Waals surface area contributed by atoms with Crippen molar-refractivity contribution < 1.29 is 18.0 Å². The minimum atomic E-state index is -3.74. The average Bonchev–Trinajstić information content (AvgIpc) is 2.61. The number of imide groups is 1. The van der Waals surface area contributed by atoms with Crippen LogP contribution in [0.3, 0.4) is 0 Å². The third-order valence-electron chi connectivity index (χ3n) is 4.26. The first-order valence-corrected chi connectivity index (χ1v) is 10.0. The zero-order valence-electron chi connectivity index (χ0n) is 14.0. The maximum Gasteiger partial charge on any atom is 0.349 e. The van der Waals surface area contributed by atoms with Crippen molar-refractivity contribution in [2.24, 2.45) is 16.6 Å². The molecule has 1 heterocycles. The third-order valence-corrected chi connectivity index (χ3v) is 6.30. The molecule has 0 bridgehead atoms. The van der Waals surface area contributed by atoms with Crippen molar-refractivity contribution in [2.45, 2.75) is 10.8 Å². The van der Waals surface area contributed by atoms with E-state index in [2.05, 4.69) is 10.3 Å². The number of aliphatic imine (C=N–C) groups is 1. The fourth-order valence-electron chi connectivity index (χ4n) is 2.98. The molecule has 2 aromatic carbocycles. The average molecular weight is 406 g/mol. The van der Waals surface area contributed by atoms with Crippen LogP contribution in [0.15, 0.2) is 64.5 Å². The Morgan fingerprint density at radius 3 is 2.30 bits per heavy atom. The van der Waals surface area contributed by atoms with Crippen LogP contribution in [0.25, 0.3) is 0 Å². The van der Waals surface area contributed by atoms with E-state index in [1.807, 2.05) is 0 Å². The van der Waals surface area contributed by atoms with Gasteiger partial charge in [-0.1, -0.05) is 41.9 Å². The number of sulfone groups is 1. The SMILES string of the molecule is NC1=NC(=O)NC(=O)C1C(CS(=O)(=O)c1ccccc1)c1ccc(Cl)cc1. The van der Waals surface area contributed by atoms with Gasteiger partial charge in [0.05, 0.1) is 10.6 Å². The van der Waals surface area contributed by atoms with Crippen molar-refractivity contribution in [3.63, 3.8) is 0 Å². The number of nitrogens with zero attached hydrogens (tertiary/aromatic N) is 1. The Balaban J connectivity index is 2.06. The van der Waals surface area contributed by atoms with Crippen LogP contribution in [-0.4, -0.2) is 31.9 Å². The van der Waals surface area contributed by atoms with E-state index < -0.39 is 33.6 Å². The highest BCUT2D eigenvalue weighted by atomic mass is 35.5. The topological polar surface area (TPSA) is 119 Å². The van der Waals surface area contributed by atoms with Gasteiger partial charge >= 0.3 is 6.03 Å². The molecule has 0 saturated carbocycles. The van der Waals surface area contributed by atoms with E-state index in [0.29, 0.717) is 10.6 Å². The number of nitrogens with two attached hydrogens (primary N) is 1. The van der Waals surface area contributed by atoms with Crippen LogP contribution in [-0.2, 0) is 14.6 Å². The number of benzene rings is 2. The van der Waals surface area contributed by atoms with Gasteiger partial charge in [-0.15, -0.1) is 0 Å². The summed E-state index contributed by atoms with van der Waals surface area (Å²) in [6, 6.07) is 13.5. The second-order valence-electron chi connectivity index (χ2n) is 6.06. The molecule has 3 amide bonds. The standard InChI is InChI=1S/C18H16ClN3O4S/c19-12-8-6-11(7-9-12)14(15-16(20)21-18(24)22-17(15)23)10-27(25,26)13-4-2-1-3-5-13/h1-9,14-15H,10H2,(H3,20,21,22,23,24). The fraction of sp³-hybridized carbons (Fsp3) is 0.167. The van der Waals surface area contributed by atoms with Gasteiger partial charge in [-0.05, 0) is 29.8 Å². The Bertz CT molecular complexity index is 1000. The molecular weight excluding hydrogens is 390 g/mol. The van der Waals surface area contributed by atoms with Crippen LogP contribution < -0.4 is 11.1 Å². The van der Waals surface area contributed by atoms with Gasteiger partial charge < -0.3 is 5.73 Å². The molecule has 0 fully saturated rings. The summed E-state index contributed by atoms with van der Waals surface area (Å²) in [6.45, 7) is 0. The number of amidine groups is 1. The first-order chi connectivity index (χ1) is 12.8. The predicted molar refractivity (Wildman–Crippen MR) is 101 cm³/mol. The molecule has 3 N–H and O–H groups in total. The minimum Gasteiger partial charge on any atom is -0.386 e. The van der Waals surface area contributed by atoms with Crippen molar-refractivity contribution >= 4 is 39.2 Å². The summed E-state index contributed by atoms with van der Waals surface area (Å²) in [7, 11) is -3.74. The smallest absolute Gasteiger partial charge is 0.349 e. The molecule has 0 spiro atoms. The lowest BCUT2D eigenvalue weighted by Crippen LogP contribution is -2.49. The molecule has 0 aromatic heterocycles. The Morgan fingerprint density at radius 2 is 1.70 bits per heavy atom. The first kappa shape index (κ1) is 19.1. The molecular formula is C18H16ClN3O4S. The molecule has 9 heteroatoms. The predicted octanol–water partition coefficient (Wildman–Crippen LogP) is 2.12. The number of carbonyl (C=O) groups excluding carboxylic acids is 2. The minimum absolute atomic E-state index is 0.131. The van der Waals surface area contributed by atoms with Gasteiger partial charge in [0.15, 0.2) is 9.84 Å². The molecule has 140 valence electrons. The maximum absolute atomic E-state index is 12.9. The molecule has 0 saturated heterocycles. The molecule has 0 aliphatic carbocycles. The quantitative estimate of drug-likeness (QED) is 0.789. The van der Waals surface area contributed by atoms with E-state index in [9.17, 15) is 18.0 Å². The molecule has 3 rings (SSSR count). The van der Waals surface area contributed by atoms with Crippen molar-refractivity contribution in [1.82, 2.24) is 5.32 Å². The van der Waals surface area contributed by atoms with E-state index in [1.54, 1.807) is 42.5 Å². The zero-order chi connectivity index (χ0) is 19.6. The van der Waals surface area contributed by atoms with E-state index in [-0.39, 0.29) is 16.5 Å². The van der Waals surface area contributed by atoms with Crippen molar-refractivity contribution in [2.75, 3.05) is 5.75 Å². The van der Waals surface area contributed by atoms with Crippen LogP contribution in [0.4, 0.5) is 4.79 Å². The number of rotatable bonds is 5. The maximum atomic E-state index is 12.9. The highest BCUT2D eigenvalue weighted by Crippen LogP contribution is 2.31. The Kier molecular flexibility index (Phi) is 5.29. The Hall–Kier alpha value is -2.71. The number of amides is 3. The van der Waals surface area contributed by atoms with Crippen LogP contribution in [0.1, 0.15) is 11.5 Å². The summed E-state index contributed by atoms with van der Waals surface area (Å²) in [4.78, 5) is 27.5. The van der Waals surface area contributed by atoms with Crippen LogP contribution in [0, 0.1) is 5.92 Å². The number of hydrogen-bond donors (Lipinski definition) is 2. The van der Waals surface area contributed by atoms with Gasteiger partial charge in [-0.3, -0.25) is 10.1 Å². The summed E-state index contributed by atoms with van der Waals surface area (Å²) in [5, 5.41) is 2.55. The largest absolute Gasteiger partial charge is 0.386 e. The lowest BCUT2D eigenvalue weighted by atomic mass is 9.85. The number of carbonyl (C=O) groups is 2. The van der Waals surface area contributed by atoms with E-state index in [4.69, 9.17) is 17.3 Å². The Labute approximate surface area is 161 Å². The van der Waals surface area contributed by atoms with Crippen molar-refractivity contribution in [3.8, 4) is 0 Å². The van der Waals surface area contributed by atoms with Gasteiger partial charge in [0.1, 0.15) is 11.8 Å². The highest BCUT2D eigenvalue weighted by Gasteiger charge is 2.39. The molecule has 1 aliphatic heterocycles. The second-order valence-corrected chi connectivity index (χ2v) is 8.53. The number of nitrogens with one attached hydrogen (secondary N) is 1. The zero-order valence-corrected chi connectivity index (χ0v) is 15.6. The van der Waals surface area contributed by atoms with Crippen LogP contribution in [0.2, 0.25) is 5.02 Å². The highest BCUT2D eigenvalue weighted by molar-refractivity contribution is 7.91. The Morgan fingerprint density at radius 1 is 1.07 bits per heavy atom. The van der Waals surface area contributed by atoms with Gasteiger partial charge in [-0.25, -0.2) is 13.2 Å². The van der Waals surface area contributed by atoms with Crippen LogP contribution in [0.5, 0.6) is 0 Å². The molecule has 2 unspecified atom stereocenters. The summed E-state index contributed by atoms with van der Waals surface area (Å²) in [5.74, 6) is -3.23. The molecule has 2 atom stereocenters. The van der Waals surface area contributed by atoms with Crippen molar-refractivity contribution in [3.05, 3.63) is 65.2 Å². The summed E-state index contributed by atoms with van der Waals surface area (Å²) in [5.41, 5.74) is 6.38. The third kappa shape index (κ3) is 4.17. The molecule has 2 aromatic rings. The second kappa shape index (κ2) is 7.50. The fourth-order valence-corrected chi connectivity index (χ4v) is 4.72. The number of urea groups is 1. The lowest BCUT2D eigenvalue weighted by Gasteiger charge is -2.28. The molecule has 27 heavy (non-hydrogen) atoms. The van der Waals surface area contributed by atoms with Crippen LogP contribution >= 0.6 is 11.6 Å². The monoisotopic (exact) mass is 405 g/mol. The van der Waals surface area contributed by atoms with Gasteiger partial charge in [-0.2, -0.15) is 4.99 Å². The van der Waals surface area contributed by atoms with E-state index in [0.717, 1.165) is 0 Å². The van der Waals surface area contributed by atoms with E-state index in [1.165, 1.54) is 12.1 Å². The van der Waals surface area contributed by atoms with Gasteiger partial charge in [0.25, 0.3) is 0 Å².